The lowest BCUT2D eigenvalue weighted by Gasteiger charge is -2.50. The molecule has 0 N–H and O–H groups in total. The van der Waals surface area contributed by atoms with E-state index in [9.17, 15) is 0 Å². The highest BCUT2D eigenvalue weighted by Crippen LogP contribution is 2.58. The summed E-state index contributed by atoms with van der Waals surface area (Å²) >= 11 is 2.05. The Labute approximate surface area is 522 Å². The summed E-state index contributed by atoms with van der Waals surface area (Å²) in [6, 6.07) is 45.8. The lowest BCUT2D eigenvalue weighted by Crippen LogP contribution is -2.61. The molecule has 86 heavy (non-hydrogen) atoms. The SMILES string of the molecule is Cc1cc2c3c(c1)N(c1cc4c5c(c1)CC(C)(C)CN5CC(C)(C)C4)c1c(sc4ccc(C(C)(C)C)cc14)B3c1cc3c(cc1N2c1ccc(C(C)(C)C)cc1-c1ccc(C(C)(C)C)cc1)C(C)(C)c1cc2c(cc1C3(C)C)C(C)(C)CCC2(C)C. The van der Waals surface area contributed by atoms with Crippen LogP contribution in [0.2, 0.25) is 0 Å². The number of anilines is 7. The molecule has 1 aromatic heterocycles. The quantitative estimate of drug-likeness (QED) is 0.163. The molecule has 4 aliphatic heterocycles. The number of nitrogens with zero attached hydrogens (tertiary/aromatic N) is 3. The van der Waals surface area contributed by atoms with Gasteiger partial charge < -0.3 is 14.7 Å². The first-order chi connectivity index (χ1) is 39.8. The first-order valence-electron chi connectivity index (χ1n) is 32.7. The Morgan fingerprint density at radius 3 is 1.49 bits per heavy atom. The molecule has 6 aliphatic rings. The number of benzene rings is 7. The van der Waals surface area contributed by atoms with Crippen LogP contribution in [0.25, 0.3) is 21.2 Å². The van der Waals surface area contributed by atoms with E-state index in [0.717, 1.165) is 25.9 Å². The Balaban J connectivity index is 1.11. The highest BCUT2D eigenvalue weighted by molar-refractivity contribution is 7.33. The molecule has 0 unspecified atom stereocenters. The van der Waals surface area contributed by atoms with Crippen molar-refractivity contribution in [2.75, 3.05) is 27.8 Å². The molecule has 5 heteroatoms. The second-order valence-electron chi connectivity index (χ2n) is 35.0. The van der Waals surface area contributed by atoms with E-state index in [1.54, 1.807) is 11.1 Å². The normalized spacial score (nSPS) is 19.7. The van der Waals surface area contributed by atoms with Crippen molar-refractivity contribution >= 4 is 83.6 Å². The average molecular weight is 1150 g/mol. The summed E-state index contributed by atoms with van der Waals surface area (Å²) in [6.07, 6.45) is 4.53. The monoisotopic (exact) mass is 1150 g/mol. The summed E-state index contributed by atoms with van der Waals surface area (Å²) < 4.78 is 2.81. The molecule has 444 valence electrons. The van der Waals surface area contributed by atoms with Crippen LogP contribution in [0.5, 0.6) is 0 Å². The third-order valence-corrected chi connectivity index (χ3v) is 23.3. The molecule has 0 amide bonds. The summed E-state index contributed by atoms with van der Waals surface area (Å²) in [4.78, 5) is 8.32. The predicted molar refractivity (Wildman–Crippen MR) is 375 cm³/mol. The van der Waals surface area contributed by atoms with Gasteiger partial charge in [-0.15, -0.1) is 11.3 Å². The van der Waals surface area contributed by atoms with Crippen LogP contribution in [0.15, 0.2) is 109 Å². The van der Waals surface area contributed by atoms with Gasteiger partial charge in [0.2, 0.25) is 0 Å². The molecule has 8 aromatic rings. The molecule has 0 fully saturated rings. The molecule has 0 atom stereocenters. The van der Waals surface area contributed by atoms with Crippen molar-refractivity contribution in [1.82, 2.24) is 0 Å². The molecular formula is C81H96BN3S. The van der Waals surface area contributed by atoms with Crippen LogP contribution in [-0.2, 0) is 50.7 Å². The van der Waals surface area contributed by atoms with Gasteiger partial charge in [-0.2, -0.15) is 0 Å². The molecule has 0 saturated heterocycles. The Kier molecular flexibility index (Phi) is 12.1. The zero-order valence-electron chi connectivity index (χ0n) is 56.5. The summed E-state index contributed by atoms with van der Waals surface area (Å²) in [5.41, 5.74) is 31.9. The summed E-state index contributed by atoms with van der Waals surface area (Å²) in [5, 5.41) is 1.37. The van der Waals surface area contributed by atoms with E-state index >= 15 is 0 Å². The van der Waals surface area contributed by atoms with E-state index in [0.29, 0.717) is 0 Å². The van der Waals surface area contributed by atoms with E-state index < -0.39 is 0 Å². The molecular weight excluding hydrogens is 1060 g/mol. The van der Waals surface area contributed by atoms with Gasteiger partial charge in [0.05, 0.1) is 11.4 Å². The largest absolute Gasteiger partial charge is 0.370 e. The van der Waals surface area contributed by atoms with Crippen molar-refractivity contribution in [2.24, 2.45) is 10.8 Å². The second-order valence-corrected chi connectivity index (χ2v) is 36.1. The highest BCUT2D eigenvalue weighted by Gasteiger charge is 2.51. The predicted octanol–water partition coefficient (Wildman–Crippen LogP) is 20.1. The van der Waals surface area contributed by atoms with Crippen LogP contribution in [-0.4, -0.2) is 19.8 Å². The standard InChI is InChI=1S/C81H96BN3S/c1-47-33-66-69-67(34-47)85(64-29-27-52(74(5,6)7)37-55(64)48-23-25-51(26-24-48)73(2,3)4)65-42-62-61(80(19,20)59-39-57-58(40-60(59)81(62,21)22)79(17,18)32-31-78(57,15)16)41-63(65)82(69)72-71(56-38-53(75(8,9)10)28-30-68(56)86-72)84(66)54-35-49-43-76(11,12)45-83-46-77(13,14)44-50(36-54)70(49)83/h23-30,33-42H,31-32,43-46H2,1-22H3. The molecule has 7 aromatic carbocycles. The Hall–Kier alpha value is -6.04. The molecule has 14 rings (SSSR count). The fourth-order valence-electron chi connectivity index (χ4n) is 17.1. The second kappa shape index (κ2) is 18.1. The lowest BCUT2D eigenvalue weighted by molar-refractivity contribution is 0.289. The fraction of sp³-hybridized carbons (Fsp3) is 0.457. The maximum Gasteiger partial charge on any atom is 0.264 e. The van der Waals surface area contributed by atoms with Crippen molar-refractivity contribution in [1.29, 1.82) is 0 Å². The van der Waals surface area contributed by atoms with Gasteiger partial charge in [-0.05, 0) is 208 Å². The van der Waals surface area contributed by atoms with Crippen LogP contribution >= 0.6 is 11.3 Å². The minimum Gasteiger partial charge on any atom is -0.370 e. The third kappa shape index (κ3) is 8.66. The summed E-state index contributed by atoms with van der Waals surface area (Å²) in [5.74, 6) is 0. The molecule has 0 spiro atoms. The van der Waals surface area contributed by atoms with Gasteiger partial charge in [-0.1, -0.05) is 200 Å². The zero-order valence-corrected chi connectivity index (χ0v) is 57.3. The number of thiophene rings is 1. The van der Waals surface area contributed by atoms with Gasteiger partial charge in [-0.3, -0.25) is 0 Å². The van der Waals surface area contributed by atoms with Crippen molar-refractivity contribution < 1.29 is 0 Å². The minimum atomic E-state index is -0.283. The van der Waals surface area contributed by atoms with Crippen molar-refractivity contribution in [3.8, 4) is 11.1 Å². The molecule has 0 radical (unpaired) electrons. The van der Waals surface area contributed by atoms with Gasteiger partial charge in [0.15, 0.2) is 0 Å². The summed E-state index contributed by atoms with van der Waals surface area (Å²) in [6.45, 7) is 56.0. The summed E-state index contributed by atoms with van der Waals surface area (Å²) in [7, 11) is 0. The van der Waals surface area contributed by atoms with Crippen LogP contribution in [0.1, 0.15) is 225 Å². The number of hydrogen-bond acceptors (Lipinski definition) is 4. The number of fused-ring (bicyclic) bond motifs is 9. The molecule has 3 nitrogen and oxygen atoms in total. The third-order valence-electron chi connectivity index (χ3n) is 22.1. The zero-order chi connectivity index (χ0) is 61.5. The first-order valence-corrected chi connectivity index (χ1v) is 33.5. The van der Waals surface area contributed by atoms with Crippen LogP contribution < -0.4 is 30.4 Å². The highest BCUT2D eigenvalue weighted by atomic mass is 32.1. The van der Waals surface area contributed by atoms with E-state index in [1.807, 2.05) is 0 Å². The Morgan fingerprint density at radius 1 is 0.453 bits per heavy atom. The van der Waals surface area contributed by atoms with Crippen LogP contribution in [0, 0.1) is 17.8 Å². The number of rotatable bonds is 3. The van der Waals surface area contributed by atoms with E-state index in [1.165, 1.54) is 145 Å². The van der Waals surface area contributed by atoms with E-state index in [-0.39, 0.29) is 55.4 Å². The molecule has 5 heterocycles. The van der Waals surface area contributed by atoms with Crippen molar-refractivity contribution in [3.63, 3.8) is 0 Å². The van der Waals surface area contributed by atoms with E-state index in [2.05, 4.69) is 288 Å². The van der Waals surface area contributed by atoms with Gasteiger partial charge in [0, 0.05) is 72.8 Å². The Morgan fingerprint density at radius 2 is 0.942 bits per heavy atom. The molecule has 2 aliphatic carbocycles. The van der Waals surface area contributed by atoms with Crippen LogP contribution in [0.3, 0.4) is 0 Å². The van der Waals surface area contributed by atoms with Gasteiger partial charge in [0.25, 0.3) is 6.71 Å². The lowest BCUT2D eigenvalue weighted by atomic mass is 9.35. The Bertz CT molecular complexity index is 4170. The maximum atomic E-state index is 2.79. The van der Waals surface area contributed by atoms with Crippen molar-refractivity contribution in [2.45, 2.75) is 216 Å². The minimum absolute atomic E-state index is 0.0184. The van der Waals surface area contributed by atoms with Crippen molar-refractivity contribution in [3.05, 3.63) is 176 Å². The number of aryl methyl sites for hydroxylation is 1. The number of hydrogen-bond donors (Lipinski definition) is 0. The van der Waals surface area contributed by atoms with Crippen LogP contribution in [0.4, 0.5) is 39.8 Å². The van der Waals surface area contributed by atoms with Gasteiger partial charge in [0.1, 0.15) is 0 Å². The average Bonchev–Trinajstić information content (AvgIpc) is 1.04. The topological polar surface area (TPSA) is 9.72 Å². The van der Waals surface area contributed by atoms with E-state index in [4.69, 9.17) is 0 Å². The first kappa shape index (κ1) is 57.7. The maximum absolute atomic E-state index is 2.79. The van der Waals surface area contributed by atoms with Gasteiger partial charge >= 0.3 is 0 Å². The van der Waals surface area contributed by atoms with Gasteiger partial charge in [-0.25, -0.2) is 0 Å². The molecule has 0 bridgehead atoms. The molecule has 0 saturated carbocycles. The fourth-order valence-corrected chi connectivity index (χ4v) is 18.4. The smallest absolute Gasteiger partial charge is 0.264 e.